The molecule has 0 saturated heterocycles. The second-order valence-electron chi connectivity index (χ2n) is 3.78. The molecule has 0 atom stereocenters. The van der Waals surface area contributed by atoms with Crippen molar-refractivity contribution in [1.29, 1.82) is 0 Å². The van der Waals surface area contributed by atoms with Crippen LogP contribution in [-0.2, 0) is 11.2 Å². The SMILES string of the molecule is COc1ccc(OC)c(CC(=O)NN(C)C)c1. The summed E-state index contributed by atoms with van der Waals surface area (Å²) in [5.41, 5.74) is 3.48. The highest BCUT2D eigenvalue weighted by molar-refractivity contribution is 5.79. The van der Waals surface area contributed by atoms with Crippen LogP contribution in [0.15, 0.2) is 18.2 Å². The average molecular weight is 238 g/mol. The Labute approximate surface area is 101 Å². The lowest BCUT2D eigenvalue weighted by Gasteiger charge is -2.13. The molecule has 0 aromatic heterocycles. The third-order valence-corrected chi connectivity index (χ3v) is 2.19. The molecule has 94 valence electrons. The molecule has 0 bridgehead atoms. The van der Waals surface area contributed by atoms with Crippen LogP contribution in [0.1, 0.15) is 5.56 Å². The molecule has 1 aromatic carbocycles. The monoisotopic (exact) mass is 238 g/mol. The number of nitrogens with one attached hydrogen (secondary N) is 1. The molecule has 1 N–H and O–H groups in total. The van der Waals surface area contributed by atoms with Crippen LogP contribution in [0.5, 0.6) is 11.5 Å². The molecule has 0 aliphatic heterocycles. The molecule has 1 amide bonds. The van der Waals surface area contributed by atoms with E-state index < -0.39 is 0 Å². The van der Waals surface area contributed by atoms with Crippen molar-refractivity contribution < 1.29 is 14.3 Å². The Morgan fingerprint density at radius 3 is 2.53 bits per heavy atom. The normalized spacial score (nSPS) is 10.2. The first-order chi connectivity index (χ1) is 8.06. The minimum absolute atomic E-state index is 0.0958. The van der Waals surface area contributed by atoms with Gasteiger partial charge in [-0.25, -0.2) is 5.01 Å². The highest BCUT2D eigenvalue weighted by Crippen LogP contribution is 2.24. The van der Waals surface area contributed by atoms with Gasteiger partial charge in [0.2, 0.25) is 5.91 Å². The van der Waals surface area contributed by atoms with Crippen molar-refractivity contribution in [1.82, 2.24) is 10.4 Å². The van der Waals surface area contributed by atoms with Crippen molar-refractivity contribution in [2.24, 2.45) is 0 Å². The standard InChI is InChI=1S/C12H18N2O3/c1-14(2)13-12(15)8-9-7-10(16-3)5-6-11(9)17-4/h5-7H,8H2,1-4H3,(H,13,15). The Bertz CT molecular complexity index is 391. The van der Waals surface area contributed by atoms with Gasteiger partial charge < -0.3 is 9.47 Å². The quantitative estimate of drug-likeness (QED) is 0.772. The van der Waals surface area contributed by atoms with Crippen molar-refractivity contribution in [2.75, 3.05) is 28.3 Å². The third kappa shape index (κ3) is 3.96. The number of benzene rings is 1. The number of hydrogen-bond donors (Lipinski definition) is 1. The van der Waals surface area contributed by atoms with Gasteiger partial charge in [0.05, 0.1) is 20.6 Å². The Kier molecular flexibility index (Phi) is 4.78. The molecule has 0 spiro atoms. The predicted molar refractivity (Wildman–Crippen MR) is 65.1 cm³/mol. The number of rotatable bonds is 5. The van der Waals surface area contributed by atoms with E-state index in [0.29, 0.717) is 11.5 Å². The highest BCUT2D eigenvalue weighted by atomic mass is 16.5. The number of nitrogens with zero attached hydrogens (tertiary/aromatic N) is 1. The van der Waals surface area contributed by atoms with Gasteiger partial charge in [-0.1, -0.05) is 0 Å². The van der Waals surface area contributed by atoms with E-state index in [1.165, 1.54) is 0 Å². The summed E-state index contributed by atoms with van der Waals surface area (Å²) in [7, 11) is 6.70. The van der Waals surface area contributed by atoms with Crippen molar-refractivity contribution >= 4 is 5.91 Å². The number of hydrogen-bond acceptors (Lipinski definition) is 4. The molecule has 5 nitrogen and oxygen atoms in total. The first kappa shape index (κ1) is 13.3. The molecular weight excluding hydrogens is 220 g/mol. The van der Waals surface area contributed by atoms with Gasteiger partial charge in [-0.3, -0.25) is 10.2 Å². The van der Waals surface area contributed by atoms with E-state index in [2.05, 4.69) is 5.43 Å². The van der Waals surface area contributed by atoms with Crippen molar-refractivity contribution in [2.45, 2.75) is 6.42 Å². The van der Waals surface area contributed by atoms with Gasteiger partial charge in [-0.05, 0) is 18.2 Å². The van der Waals surface area contributed by atoms with Gasteiger partial charge in [0, 0.05) is 19.7 Å². The second kappa shape index (κ2) is 6.10. The summed E-state index contributed by atoms with van der Waals surface area (Å²) in [6.45, 7) is 0. The number of hydrazine groups is 1. The van der Waals surface area contributed by atoms with Crippen LogP contribution >= 0.6 is 0 Å². The van der Waals surface area contributed by atoms with Gasteiger partial charge in [0.25, 0.3) is 0 Å². The van der Waals surface area contributed by atoms with Crippen LogP contribution in [0.25, 0.3) is 0 Å². The summed E-state index contributed by atoms with van der Waals surface area (Å²) in [4.78, 5) is 11.6. The fraction of sp³-hybridized carbons (Fsp3) is 0.417. The van der Waals surface area contributed by atoms with Gasteiger partial charge in [-0.2, -0.15) is 0 Å². The Balaban J connectivity index is 2.83. The van der Waals surface area contributed by atoms with E-state index in [4.69, 9.17) is 9.47 Å². The van der Waals surface area contributed by atoms with E-state index in [9.17, 15) is 4.79 Å². The van der Waals surface area contributed by atoms with Crippen LogP contribution in [0.4, 0.5) is 0 Å². The van der Waals surface area contributed by atoms with Crippen molar-refractivity contribution in [3.05, 3.63) is 23.8 Å². The van der Waals surface area contributed by atoms with Crippen molar-refractivity contribution in [3.8, 4) is 11.5 Å². The zero-order valence-electron chi connectivity index (χ0n) is 10.6. The highest BCUT2D eigenvalue weighted by Gasteiger charge is 2.10. The number of amides is 1. The fourth-order valence-electron chi connectivity index (χ4n) is 1.48. The molecule has 17 heavy (non-hydrogen) atoms. The van der Waals surface area contributed by atoms with Crippen LogP contribution in [0.2, 0.25) is 0 Å². The van der Waals surface area contributed by atoms with E-state index >= 15 is 0 Å². The van der Waals surface area contributed by atoms with E-state index in [1.807, 2.05) is 0 Å². The third-order valence-electron chi connectivity index (χ3n) is 2.19. The average Bonchev–Trinajstić information content (AvgIpc) is 2.27. The minimum atomic E-state index is -0.0958. The lowest BCUT2D eigenvalue weighted by Crippen LogP contribution is -2.37. The van der Waals surface area contributed by atoms with E-state index in [-0.39, 0.29) is 12.3 Å². The zero-order chi connectivity index (χ0) is 12.8. The van der Waals surface area contributed by atoms with Gasteiger partial charge in [0.1, 0.15) is 11.5 Å². The molecule has 0 saturated carbocycles. The van der Waals surface area contributed by atoms with Crippen LogP contribution in [0.3, 0.4) is 0 Å². The largest absolute Gasteiger partial charge is 0.497 e. The number of carbonyl (C=O) groups is 1. The Morgan fingerprint density at radius 1 is 1.29 bits per heavy atom. The Morgan fingerprint density at radius 2 is 2.00 bits per heavy atom. The summed E-state index contributed by atoms with van der Waals surface area (Å²) in [6.07, 6.45) is 0.249. The summed E-state index contributed by atoms with van der Waals surface area (Å²) in [5.74, 6) is 1.29. The smallest absolute Gasteiger partial charge is 0.238 e. The van der Waals surface area contributed by atoms with Gasteiger partial charge >= 0.3 is 0 Å². The topological polar surface area (TPSA) is 50.8 Å². The number of carbonyl (C=O) groups excluding carboxylic acids is 1. The second-order valence-corrected chi connectivity index (χ2v) is 3.78. The minimum Gasteiger partial charge on any atom is -0.497 e. The molecule has 5 heteroatoms. The predicted octanol–water partition coefficient (Wildman–Crippen LogP) is 0.839. The molecule has 0 radical (unpaired) electrons. The number of methoxy groups -OCH3 is 2. The van der Waals surface area contributed by atoms with Crippen LogP contribution in [0, 0.1) is 0 Å². The lowest BCUT2D eigenvalue weighted by molar-refractivity contribution is -0.124. The van der Waals surface area contributed by atoms with Crippen LogP contribution < -0.4 is 14.9 Å². The maximum atomic E-state index is 11.6. The Hall–Kier alpha value is -1.75. The summed E-state index contributed by atoms with van der Waals surface area (Å²) < 4.78 is 10.3. The van der Waals surface area contributed by atoms with Crippen molar-refractivity contribution in [3.63, 3.8) is 0 Å². The molecule has 0 fully saturated rings. The summed E-state index contributed by atoms with van der Waals surface area (Å²) >= 11 is 0. The lowest BCUT2D eigenvalue weighted by atomic mass is 10.1. The molecule has 1 aromatic rings. The number of ether oxygens (including phenoxy) is 2. The maximum absolute atomic E-state index is 11.6. The van der Waals surface area contributed by atoms with Gasteiger partial charge in [0.15, 0.2) is 0 Å². The molecule has 0 unspecified atom stereocenters. The van der Waals surface area contributed by atoms with E-state index in [1.54, 1.807) is 51.5 Å². The first-order valence-corrected chi connectivity index (χ1v) is 5.24. The van der Waals surface area contributed by atoms with E-state index in [0.717, 1.165) is 5.56 Å². The summed E-state index contributed by atoms with van der Waals surface area (Å²) in [6, 6.07) is 5.39. The fourth-order valence-corrected chi connectivity index (χ4v) is 1.48. The molecule has 1 rings (SSSR count). The zero-order valence-corrected chi connectivity index (χ0v) is 10.6. The van der Waals surface area contributed by atoms with Gasteiger partial charge in [-0.15, -0.1) is 0 Å². The molecule has 0 heterocycles. The first-order valence-electron chi connectivity index (χ1n) is 5.24. The molecular formula is C12H18N2O3. The molecule has 0 aliphatic rings. The molecule has 0 aliphatic carbocycles. The summed E-state index contributed by atoms with van der Waals surface area (Å²) in [5, 5.41) is 1.61. The van der Waals surface area contributed by atoms with Crippen LogP contribution in [-0.4, -0.2) is 39.2 Å². The maximum Gasteiger partial charge on any atom is 0.238 e.